The van der Waals surface area contributed by atoms with Gasteiger partial charge in [-0.25, -0.2) is 4.39 Å². The van der Waals surface area contributed by atoms with Gasteiger partial charge in [0.2, 0.25) is 0 Å². The summed E-state index contributed by atoms with van der Waals surface area (Å²) < 4.78 is 53.2. The minimum atomic E-state index is -4.66. The summed E-state index contributed by atoms with van der Waals surface area (Å²) in [5.74, 6) is 1.79. The van der Waals surface area contributed by atoms with Gasteiger partial charge in [-0.2, -0.15) is 13.2 Å². The van der Waals surface area contributed by atoms with Gasteiger partial charge in [0, 0.05) is 5.39 Å². The average Bonchev–Trinajstić information content (AvgIpc) is 2.67. The Morgan fingerprint density at radius 1 is 0.929 bits per heavy atom. The molecule has 0 spiro atoms. The molecule has 0 aromatic heterocycles. The third-order valence-electron chi connectivity index (χ3n) is 7.17. The van der Waals surface area contributed by atoms with Gasteiger partial charge >= 0.3 is 6.18 Å². The first-order valence-electron chi connectivity index (χ1n) is 10.7. The van der Waals surface area contributed by atoms with Crippen molar-refractivity contribution in [1.82, 2.24) is 0 Å². The summed E-state index contributed by atoms with van der Waals surface area (Å²) in [6.07, 6.45) is 5.52. The second-order valence-corrected chi connectivity index (χ2v) is 8.90. The minimum absolute atomic E-state index is 0.0623. The molecule has 2 unspecified atom stereocenters. The lowest BCUT2D eigenvalue weighted by Crippen LogP contribution is -2.30. The molecular formula is C24H28F4. The van der Waals surface area contributed by atoms with E-state index in [1.807, 2.05) is 12.1 Å². The lowest BCUT2D eigenvalue weighted by molar-refractivity contribution is -0.139. The van der Waals surface area contributed by atoms with Gasteiger partial charge in [0.15, 0.2) is 0 Å². The highest BCUT2D eigenvalue weighted by atomic mass is 19.4. The van der Waals surface area contributed by atoms with Gasteiger partial charge < -0.3 is 0 Å². The standard InChI is InChI=1S/C24H28F4/c1-2-3-15-4-5-17-13-18(7-6-16(17)12-15)19-8-10-21-20(14-19)9-11-22(23(21)25)24(26,27)28/h8-11,14-18H,2-7,12-13H2,1H3/t15-,16?,17-,18?/m1/s1. The quantitative estimate of drug-likeness (QED) is 0.463. The summed E-state index contributed by atoms with van der Waals surface area (Å²) in [4.78, 5) is 0. The maximum absolute atomic E-state index is 14.3. The molecular weight excluding hydrogens is 364 g/mol. The van der Waals surface area contributed by atoms with E-state index in [4.69, 9.17) is 0 Å². The largest absolute Gasteiger partial charge is 0.419 e. The Morgan fingerprint density at radius 3 is 2.43 bits per heavy atom. The van der Waals surface area contributed by atoms with E-state index < -0.39 is 17.6 Å². The lowest BCUT2D eigenvalue weighted by Gasteiger charge is -2.42. The van der Waals surface area contributed by atoms with E-state index in [1.54, 1.807) is 6.07 Å². The molecule has 2 aliphatic carbocycles. The van der Waals surface area contributed by atoms with Gasteiger partial charge in [0.05, 0.1) is 5.56 Å². The van der Waals surface area contributed by atoms with Crippen LogP contribution in [-0.4, -0.2) is 0 Å². The van der Waals surface area contributed by atoms with Crippen LogP contribution in [0.5, 0.6) is 0 Å². The van der Waals surface area contributed by atoms with E-state index in [-0.39, 0.29) is 5.39 Å². The van der Waals surface area contributed by atoms with Crippen molar-refractivity contribution in [2.45, 2.75) is 70.4 Å². The van der Waals surface area contributed by atoms with Crippen molar-refractivity contribution < 1.29 is 17.6 Å². The zero-order chi connectivity index (χ0) is 19.9. The Kier molecular flexibility index (Phi) is 5.41. The predicted molar refractivity (Wildman–Crippen MR) is 105 cm³/mol. The van der Waals surface area contributed by atoms with Crippen LogP contribution in [0.3, 0.4) is 0 Å². The predicted octanol–water partition coefficient (Wildman–Crippen LogP) is 8.10. The smallest absolute Gasteiger partial charge is 0.206 e. The summed E-state index contributed by atoms with van der Waals surface area (Å²) in [6.45, 7) is 2.27. The molecule has 4 atom stereocenters. The first-order valence-corrected chi connectivity index (χ1v) is 10.7. The highest BCUT2D eigenvalue weighted by molar-refractivity contribution is 5.84. The average molecular weight is 392 g/mol. The highest BCUT2D eigenvalue weighted by Crippen LogP contribution is 2.48. The van der Waals surface area contributed by atoms with Crippen LogP contribution in [0.1, 0.15) is 75.3 Å². The third-order valence-corrected chi connectivity index (χ3v) is 7.17. The third kappa shape index (κ3) is 3.79. The maximum atomic E-state index is 14.3. The molecule has 4 heteroatoms. The summed E-state index contributed by atoms with van der Waals surface area (Å²) in [7, 11) is 0. The van der Waals surface area contributed by atoms with Gasteiger partial charge in [-0.3, -0.25) is 0 Å². The molecule has 2 aliphatic rings. The number of hydrogen-bond donors (Lipinski definition) is 0. The molecule has 0 amide bonds. The van der Waals surface area contributed by atoms with Crippen molar-refractivity contribution in [3.05, 3.63) is 47.3 Å². The number of alkyl halides is 3. The van der Waals surface area contributed by atoms with Crippen LogP contribution in [-0.2, 0) is 6.18 Å². The molecule has 4 rings (SSSR count). The van der Waals surface area contributed by atoms with Crippen molar-refractivity contribution in [2.24, 2.45) is 17.8 Å². The fourth-order valence-electron chi connectivity index (χ4n) is 5.74. The van der Waals surface area contributed by atoms with E-state index >= 15 is 0 Å². The number of benzene rings is 2. The molecule has 28 heavy (non-hydrogen) atoms. The second-order valence-electron chi connectivity index (χ2n) is 8.90. The fourth-order valence-corrected chi connectivity index (χ4v) is 5.74. The molecule has 152 valence electrons. The summed E-state index contributed by atoms with van der Waals surface area (Å²) in [6, 6.07) is 7.57. The molecule has 2 fully saturated rings. The lowest BCUT2D eigenvalue weighted by atomic mass is 9.63. The summed E-state index contributed by atoms with van der Waals surface area (Å²) in [5, 5.41) is 0.629. The summed E-state index contributed by atoms with van der Waals surface area (Å²) in [5.41, 5.74) is -0.0297. The van der Waals surface area contributed by atoms with Gasteiger partial charge in [0.1, 0.15) is 5.82 Å². The number of hydrogen-bond acceptors (Lipinski definition) is 0. The second kappa shape index (κ2) is 7.68. The molecule has 0 radical (unpaired) electrons. The van der Waals surface area contributed by atoms with Gasteiger partial charge in [-0.05, 0) is 72.8 Å². The molecule has 2 saturated carbocycles. The van der Waals surface area contributed by atoms with Crippen LogP contribution >= 0.6 is 0 Å². The van der Waals surface area contributed by atoms with E-state index in [9.17, 15) is 17.6 Å². The zero-order valence-corrected chi connectivity index (χ0v) is 16.4. The number of fused-ring (bicyclic) bond motifs is 2. The Hall–Kier alpha value is -1.58. The maximum Gasteiger partial charge on any atom is 0.419 e. The first kappa shape index (κ1) is 19.7. The molecule has 2 aromatic carbocycles. The van der Waals surface area contributed by atoms with Crippen molar-refractivity contribution in [1.29, 1.82) is 0 Å². The van der Waals surface area contributed by atoms with E-state index in [0.717, 1.165) is 42.2 Å². The van der Waals surface area contributed by atoms with Crippen LogP contribution in [0.15, 0.2) is 30.3 Å². The Labute approximate surface area is 164 Å². The van der Waals surface area contributed by atoms with Gasteiger partial charge in [0.25, 0.3) is 0 Å². The van der Waals surface area contributed by atoms with Crippen LogP contribution in [0.25, 0.3) is 10.8 Å². The van der Waals surface area contributed by atoms with Crippen molar-refractivity contribution >= 4 is 10.8 Å². The molecule has 0 aliphatic heterocycles. The Bertz CT molecular complexity index is 838. The Balaban J connectivity index is 1.53. The molecule has 0 N–H and O–H groups in total. The highest BCUT2D eigenvalue weighted by Gasteiger charge is 2.36. The zero-order valence-electron chi connectivity index (χ0n) is 16.4. The van der Waals surface area contributed by atoms with Crippen LogP contribution in [0.2, 0.25) is 0 Å². The molecule has 0 heterocycles. The molecule has 0 bridgehead atoms. The van der Waals surface area contributed by atoms with Crippen LogP contribution in [0, 0.1) is 23.6 Å². The SMILES string of the molecule is CCC[C@@H]1CC[C@@H]2CC(c3ccc4c(F)c(C(F)(F)F)ccc4c3)CCC2C1. The van der Waals surface area contributed by atoms with Crippen molar-refractivity contribution in [2.75, 3.05) is 0 Å². The van der Waals surface area contributed by atoms with Gasteiger partial charge in [-0.1, -0.05) is 50.5 Å². The van der Waals surface area contributed by atoms with Crippen molar-refractivity contribution in [3.8, 4) is 0 Å². The monoisotopic (exact) mass is 392 g/mol. The van der Waals surface area contributed by atoms with Gasteiger partial charge in [-0.15, -0.1) is 0 Å². The van der Waals surface area contributed by atoms with E-state index in [2.05, 4.69) is 6.92 Å². The molecule has 0 nitrogen and oxygen atoms in total. The van der Waals surface area contributed by atoms with E-state index in [0.29, 0.717) is 11.3 Å². The molecule has 2 aromatic rings. The molecule has 0 saturated heterocycles. The Morgan fingerprint density at radius 2 is 1.68 bits per heavy atom. The van der Waals surface area contributed by atoms with E-state index in [1.165, 1.54) is 44.6 Å². The number of rotatable bonds is 3. The van der Waals surface area contributed by atoms with Crippen molar-refractivity contribution in [3.63, 3.8) is 0 Å². The van der Waals surface area contributed by atoms with Crippen LogP contribution < -0.4 is 0 Å². The minimum Gasteiger partial charge on any atom is -0.206 e. The normalized spacial score (nSPS) is 28.3. The fraction of sp³-hybridized carbons (Fsp3) is 0.583. The summed E-state index contributed by atoms with van der Waals surface area (Å²) >= 11 is 0. The number of halogens is 4. The first-order chi connectivity index (χ1) is 13.4. The topological polar surface area (TPSA) is 0 Å². The van der Waals surface area contributed by atoms with Crippen LogP contribution in [0.4, 0.5) is 17.6 Å².